The molecular formula is C9H28O3Si4. The summed E-state index contributed by atoms with van der Waals surface area (Å²) in [5.74, 6) is 0. The van der Waals surface area contributed by atoms with Crippen LogP contribution < -0.4 is 0 Å². The summed E-state index contributed by atoms with van der Waals surface area (Å²) < 4.78 is 18.2. The van der Waals surface area contributed by atoms with Gasteiger partial charge in [0.25, 0.3) is 9.28 Å². The minimum absolute atomic E-state index is 1.46. The van der Waals surface area contributed by atoms with Crippen LogP contribution in [0.2, 0.25) is 58.9 Å². The molecule has 0 radical (unpaired) electrons. The Morgan fingerprint density at radius 2 is 1.12 bits per heavy atom. The van der Waals surface area contributed by atoms with Crippen molar-refractivity contribution in [3.63, 3.8) is 0 Å². The fraction of sp³-hybridized carbons (Fsp3) is 1.00. The fourth-order valence-electron chi connectivity index (χ4n) is 1.68. The maximum absolute atomic E-state index is 6.14. The lowest BCUT2D eigenvalue weighted by molar-refractivity contribution is 0.352. The molecule has 0 saturated carbocycles. The molecule has 1 unspecified atom stereocenters. The third-order valence-electron chi connectivity index (χ3n) is 1.52. The highest BCUT2D eigenvalue weighted by Crippen LogP contribution is 2.17. The highest BCUT2D eigenvalue weighted by molar-refractivity contribution is 6.84. The van der Waals surface area contributed by atoms with Crippen LogP contribution in [0.15, 0.2) is 0 Å². The van der Waals surface area contributed by atoms with Crippen molar-refractivity contribution in [3.05, 3.63) is 0 Å². The Morgan fingerprint density at radius 3 is 1.44 bits per heavy atom. The summed E-state index contributed by atoms with van der Waals surface area (Å²) in [7, 11) is -6.47. The lowest BCUT2D eigenvalue weighted by atomic mass is 11.8. The maximum Gasteiger partial charge on any atom is 0.312 e. The van der Waals surface area contributed by atoms with Crippen LogP contribution in [0, 0.1) is 0 Å². The SMILES string of the molecule is C[SiH](O[Si](C)(C)C)O[Si](C)(C)O[Si](C)(C)C. The van der Waals surface area contributed by atoms with Gasteiger partial charge >= 0.3 is 8.56 Å². The molecule has 0 amide bonds. The second-order valence-corrected chi connectivity index (χ2v) is 21.6. The maximum atomic E-state index is 6.14. The summed E-state index contributed by atoms with van der Waals surface area (Å²) in [6.07, 6.45) is 0. The van der Waals surface area contributed by atoms with Crippen LogP contribution >= 0.6 is 0 Å². The monoisotopic (exact) mass is 296 g/mol. The topological polar surface area (TPSA) is 27.7 Å². The van der Waals surface area contributed by atoms with E-state index in [1.807, 2.05) is 0 Å². The van der Waals surface area contributed by atoms with Crippen LogP contribution in [0.5, 0.6) is 0 Å². The Hall–Kier alpha value is 0.748. The van der Waals surface area contributed by atoms with Crippen molar-refractivity contribution >= 4 is 34.5 Å². The molecular weight excluding hydrogens is 268 g/mol. The summed E-state index contributed by atoms with van der Waals surface area (Å²) in [5, 5.41) is 0. The van der Waals surface area contributed by atoms with Crippen LogP contribution in [0.3, 0.4) is 0 Å². The minimum Gasteiger partial charge on any atom is -0.439 e. The van der Waals surface area contributed by atoms with Gasteiger partial charge in [0, 0.05) is 0 Å². The van der Waals surface area contributed by atoms with E-state index in [1.54, 1.807) is 0 Å². The van der Waals surface area contributed by atoms with Gasteiger partial charge in [-0.25, -0.2) is 0 Å². The fourth-order valence-corrected chi connectivity index (χ4v) is 16.0. The van der Waals surface area contributed by atoms with E-state index in [2.05, 4.69) is 58.9 Å². The van der Waals surface area contributed by atoms with Crippen LogP contribution in [0.4, 0.5) is 0 Å². The van der Waals surface area contributed by atoms with E-state index >= 15 is 0 Å². The van der Waals surface area contributed by atoms with Gasteiger partial charge in [-0.05, 0) is 58.9 Å². The summed E-state index contributed by atoms with van der Waals surface area (Å²) in [5.41, 5.74) is 0. The molecule has 0 N–H and O–H groups in total. The van der Waals surface area contributed by atoms with Gasteiger partial charge in [-0.2, -0.15) is 0 Å². The van der Waals surface area contributed by atoms with Gasteiger partial charge in [-0.3, -0.25) is 0 Å². The van der Waals surface area contributed by atoms with E-state index in [1.165, 1.54) is 0 Å². The second-order valence-electron chi connectivity index (χ2n) is 6.53. The summed E-state index contributed by atoms with van der Waals surface area (Å²) in [6.45, 7) is 19.6. The van der Waals surface area contributed by atoms with Crippen LogP contribution in [-0.2, 0) is 12.3 Å². The zero-order valence-electron chi connectivity index (χ0n) is 12.3. The third kappa shape index (κ3) is 9.94. The van der Waals surface area contributed by atoms with E-state index in [-0.39, 0.29) is 0 Å². The van der Waals surface area contributed by atoms with Gasteiger partial charge in [-0.1, -0.05) is 0 Å². The second kappa shape index (κ2) is 5.59. The number of hydrogen-bond acceptors (Lipinski definition) is 3. The van der Waals surface area contributed by atoms with Crippen molar-refractivity contribution < 1.29 is 12.3 Å². The first-order chi connectivity index (χ1) is 6.81. The average Bonchev–Trinajstić information content (AvgIpc) is 1.70. The molecule has 7 heteroatoms. The predicted octanol–water partition coefficient (Wildman–Crippen LogP) is 3.26. The molecule has 3 nitrogen and oxygen atoms in total. The standard InChI is InChI=1S/C9H28O3Si4/c1-13(10-14(2,3)4)11-16(8,9)12-15(5,6)7/h13H,1-9H3. The largest absolute Gasteiger partial charge is 0.439 e. The number of hydrogen-bond donors (Lipinski definition) is 0. The molecule has 0 aromatic carbocycles. The van der Waals surface area contributed by atoms with E-state index in [4.69, 9.17) is 12.3 Å². The van der Waals surface area contributed by atoms with Gasteiger partial charge in [0.05, 0.1) is 0 Å². The molecule has 0 aliphatic heterocycles. The molecule has 0 rings (SSSR count). The lowest BCUT2D eigenvalue weighted by Gasteiger charge is -2.34. The van der Waals surface area contributed by atoms with Crippen LogP contribution in [0.1, 0.15) is 0 Å². The Kier molecular flexibility index (Phi) is 5.85. The number of rotatable bonds is 6. The third-order valence-corrected chi connectivity index (χ3v) is 13.7. The van der Waals surface area contributed by atoms with Crippen LogP contribution in [0.25, 0.3) is 0 Å². The molecule has 0 aromatic rings. The van der Waals surface area contributed by atoms with Gasteiger partial charge in [0.1, 0.15) is 0 Å². The van der Waals surface area contributed by atoms with Gasteiger partial charge in [0.15, 0.2) is 16.6 Å². The van der Waals surface area contributed by atoms with E-state index < -0.39 is 34.5 Å². The molecule has 0 aromatic heterocycles. The normalized spacial score (nSPS) is 16.3. The zero-order valence-corrected chi connectivity index (χ0v) is 16.5. The van der Waals surface area contributed by atoms with E-state index in [0.29, 0.717) is 0 Å². The van der Waals surface area contributed by atoms with Gasteiger partial charge in [-0.15, -0.1) is 0 Å². The highest BCUT2D eigenvalue weighted by atomic mass is 28.5. The van der Waals surface area contributed by atoms with Crippen LogP contribution in [-0.4, -0.2) is 34.5 Å². The molecule has 0 saturated heterocycles. The van der Waals surface area contributed by atoms with Gasteiger partial charge in [0.2, 0.25) is 0 Å². The minimum atomic E-state index is -1.98. The zero-order chi connectivity index (χ0) is 13.2. The average molecular weight is 297 g/mol. The van der Waals surface area contributed by atoms with Crippen molar-refractivity contribution in [2.24, 2.45) is 0 Å². The molecule has 16 heavy (non-hydrogen) atoms. The quantitative estimate of drug-likeness (QED) is 0.704. The molecule has 0 heterocycles. The van der Waals surface area contributed by atoms with Crippen molar-refractivity contribution in [2.75, 3.05) is 0 Å². The summed E-state index contributed by atoms with van der Waals surface area (Å²) >= 11 is 0. The predicted molar refractivity (Wildman–Crippen MR) is 80.4 cm³/mol. The highest BCUT2D eigenvalue weighted by Gasteiger charge is 2.34. The van der Waals surface area contributed by atoms with Crippen molar-refractivity contribution in [1.82, 2.24) is 0 Å². The Morgan fingerprint density at radius 1 is 0.688 bits per heavy atom. The van der Waals surface area contributed by atoms with Crippen molar-refractivity contribution in [3.8, 4) is 0 Å². The Balaban J connectivity index is 4.26. The summed E-state index contributed by atoms with van der Waals surface area (Å²) in [4.78, 5) is 0. The first kappa shape index (κ1) is 16.7. The van der Waals surface area contributed by atoms with E-state index in [9.17, 15) is 0 Å². The smallest absolute Gasteiger partial charge is 0.312 e. The molecule has 0 spiro atoms. The molecule has 0 bridgehead atoms. The molecule has 98 valence electrons. The Bertz CT molecular complexity index is 220. The molecule has 0 aliphatic rings. The van der Waals surface area contributed by atoms with Gasteiger partial charge < -0.3 is 12.3 Å². The summed E-state index contributed by atoms with van der Waals surface area (Å²) in [6, 6.07) is 0. The molecule has 0 fully saturated rings. The van der Waals surface area contributed by atoms with E-state index in [0.717, 1.165) is 0 Å². The first-order valence-corrected chi connectivity index (χ1v) is 17.6. The molecule has 0 aliphatic carbocycles. The van der Waals surface area contributed by atoms with Crippen molar-refractivity contribution in [1.29, 1.82) is 0 Å². The Labute approximate surface area is 106 Å². The first-order valence-electron chi connectivity index (χ1n) is 5.87. The lowest BCUT2D eigenvalue weighted by Crippen LogP contribution is -2.49. The molecule has 1 atom stereocenters. The van der Waals surface area contributed by atoms with Crippen molar-refractivity contribution in [2.45, 2.75) is 58.9 Å².